The molecule has 3 N–H and O–H groups in total. The first-order chi connectivity index (χ1) is 13.3. The van der Waals surface area contributed by atoms with Crippen LogP contribution in [0.25, 0.3) is 0 Å². The van der Waals surface area contributed by atoms with Gasteiger partial charge in [0.15, 0.2) is 5.11 Å². The van der Waals surface area contributed by atoms with Gasteiger partial charge >= 0.3 is 0 Å². The molecule has 0 aliphatic carbocycles. The number of aryl methyl sites for hydroxylation is 2. The van der Waals surface area contributed by atoms with E-state index in [1.807, 2.05) is 50.2 Å². The summed E-state index contributed by atoms with van der Waals surface area (Å²) in [7, 11) is -3.66. The van der Waals surface area contributed by atoms with Crippen LogP contribution >= 0.6 is 12.2 Å². The Bertz CT molecular complexity index is 1080. The lowest BCUT2D eigenvalue weighted by molar-refractivity contribution is 0.601. The molecule has 0 fully saturated rings. The first-order valence-electron chi connectivity index (χ1n) is 8.67. The summed E-state index contributed by atoms with van der Waals surface area (Å²) in [5.74, 6) is 0. The van der Waals surface area contributed by atoms with Crippen molar-refractivity contribution in [2.45, 2.75) is 18.7 Å². The quantitative estimate of drug-likeness (QED) is 0.520. The molecule has 3 aromatic carbocycles. The van der Waals surface area contributed by atoms with E-state index in [1.165, 1.54) is 17.7 Å². The van der Waals surface area contributed by atoms with Crippen LogP contribution in [0.5, 0.6) is 0 Å². The summed E-state index contributed by atoms with van der Waals surface area (Å²) in [6.45, 7) is 3.87. The molecule has 0 unspecified atom stereocenters. The Balaban J connectivity index is 1.66. The van der Waals surface area contributed by atoms with Crippen LogP contribution in [-0.2, 0) is 10.0 Å². The molecule has 5 nitrogen and oxygen atoms in total. The average Bonchev–Trinajstić information content (AvgIpc) is 2.66. The minimum Gasteiger partial charge on any atom is -0.332 e. The molecule has 0 heterocycles. The average molecular weight is 412 g/mol. The summed E-state index contributed by atoms with van der Waals surface area (Å²) in [5.41, 5.74) is 4.16. The molecule has 0 bridgehead atoms. The SMILES string of the molecule is Cc1ccc(NC(=S)Nc2ccc(S(=O)(=O)Nc3ccccc3C)cc2)cc1. The maximum absolute atomic E-state index is 12.6. The van der Waals surface area contributed by atoms with Crippen molar-refractivity contribution in [2.75, 3.05) is 15.4 Å². The van der Waals surface area contributed by atoms with Gasteiger partial charge in [-0.1, -0.05) is 35.9 Å². The molecular weight excluding hydrogens is 390 g/mol. The molecule has 0 aliphatic rings. The normalized spacial score (nSPS) is 10.9. The number of hydrogen-bond donors (Lipinski definition) is 3. The van der Waals surface area contributed by atoms with Crippen molar-refractivity contribution in [1.82, 2.24) is 0 Å². The van der Waals surface area contributed by atoms with Gasteiger partial charge < -0.3 is 10.6 Å². The molecule has 0 aliphatic heterocycles. The Morgan fingerprint density at radius 2 is 1.32 bits per heavy atom. The van der Waals surface area contributed by atoms with Crippen molar-refractivity contribution in [3.05, 3.63) is 83.9 Å². The Morgan fingerprint density at radius 1 is 0.786 bits per heavy atom. The topological polar surface area (TPSA) is 70.2 Å². The van der Waals surface area contributed by atoms with E-state index < -0.39 is 10.0 Å². The number of benzene rings is 3. The van der Waals surface area contributed by atoms with Gasteiger partial charge in [0.05, 0.1) is 10.6 Å². The monoisotopic (exact) mass is 411 g/mol. The zero-order valence-electron chi connectivity index (χ0n) is 15.6. The molecule has 0 atom stereocenters. The van der Waals surface area contributed by atoms with Crippen LogP contribution in [0.2, 0.25) is 0 Å². The van der Waals surface area contributed by atoms with Crippen molar-refractivity contribution in [3.8, 4) is 0 Å². The third-order valence-electron chi connectivity index (χ3n) is 4.12. The fourth-order valence-corrected chi connectivity index (χ4v) is 3.91. The highest BCUT2D eigenvalue weighted by Crippen LogP contribution is 2.21. The van der Waals surface area contributed by atoms with Crippen LogP contribution in [0, 0.1) is 13.8 Å². The third-order valence-corrected chi connectivity index (χ3v) is 5.71. The second-order valence-corrected chi connectivity index (χ2v) is 8.48. The van der Waals surface area contributed by atoms with Crippen LogP contribution in [-0.4, -0.2) is 13.5 Å². The number of hydrogen-bond acceptors (Lipinski definition) is 3. The van der Waals surface area contributed by atoms with Gasteiger partial charge in [0.2, 0.25) is 0 Å². The van der Waals surface area contributed by atoms with E-state index >= 15 is 0 Å². The van der Waals surface area contributed by atoms with Crippen LogP contribution in [0.15, 0.2) is 77.7 Å². The summed E-state index contributed by atoms with van der Waals surface area (Å²) in [5, 5.41) is 6.57. The molecule has 0 aromatic heterocycles. The van der Waals surface area contributed by atoms with Gasteiger partial charge in [0.25, 0.3) is 10.0 Å². The van der Waals surface area contributed by atoms with Gasteiger partial charge in [0, 0.05) is 11.4 Å². The van der Waals surface area contributed by atoms with Gasteiger partial charge in [-0.3, -0.25) is 4.72 Å². The van der Waals surface area contributed by atoms with Crippen molar-refractivity contribution in [2.24, 2.45) is 0 Å². The van der Waals surface area contributed by atoms with Crippen molar-refractivity contribution < 1.29 is 8.42 Å². The number of thiocarbonyl (C=S) groups is 1. The van der Waals surface area contributed by atoms with Crippen LogP contribution in [0.1, 0.15) is 11.1 Å². The Morgan fingerprint density at radius 3 is 1.89 bits per heavy atom. The Kier molecular flexibility index (Phi) is 5.96. The Hall–Kier alpha value is -2.90. The van der Waals surface area contributed by atoms with Gasteiger partial charge in [0.1, 0.15) is 0 Å². The number of para-hydroxylation sites is 1. The van der Waals surface area contributed by atoms with E-state index in [1.54, 1.807) is 24.3 Å². The standard InChI is InChI=1S/C21H21N3O2S2/c1-15-7-9-17(10-8-15)22-21(27)23-18-11-13-19(14-12-18)28(25,26)24-20-6-4-3-5-16(20)2/h3-14,24H,1-2H3,(H2,22,23,27). The van der Waals surface area contributed by atoms with E-state index in [4.69, 9.17) is 12.2 Å². The zero-order valence-corrected chi connectivity index (χ0v) is 17.2. The second-order valence-electron chi connectivity index (χ2n) is 6.39. The molecule has 144 valence electrons. The minimum atomic E-state index is -3.66. The molecule has 3 rings (SSSR count). The molecule has 28 heavy (non-hydrogen) atoms. The lowest BCUT2D eigenvalue weighted by Gasteiger charge is -2.13. The summed E-state index contributed by atoms with van der Waals surface area (Å²) < 4.78 is 27.8. The second kappa shape index (κ2) is 8.41. The highest BCUT2D eigenvalue weighted by molar-refractivity contribution is 7.92. The van der Waals surface area contributed by atoms with E-state index in [-0.39, 0.29) is 4.90 Å². The number of anilines is 3. The predicted molar refractivity (Wildman–Crippen MR) is 119 cm³/mol. The summed E-state index contributed by atoms with van der Waals surface area (Å²) in [4.78, 5) is 0.179. The highest BCUT2D eigenvalue weighted by atomic mass is 32.2. The minimum absolute atomic E-state index is 0.179. The van der Waals surface area contributed by atoms with Crippen LogP contribution in [0.3, 0.4) is 0 Å². The van der Waals surface area contributed by atoms with Gasteiger partial charge in [-0.15, -0.1) is 0 Å². The number of rotatable bonds is 5. The number of nitrogens with one attached hydrogen (secondary N) is 3. The van der Waals surface area contributed by atoms with E-state index in [0.717, 1.165) is 11.3 Å². The molecule has 0 saturated heterocycles. The number of sulfonamides is 1. The lowest BCUT2D eigenvalue weighted by Crippen LogP contribution is -2.19. The molecule has 0 radical (unpaired) electrons. The smallest absolute Gasteiger partial charge is 0.261 e. The first kappa shape index (κ1) is 19.9. The predicted octanol–water partition coefficient (Wildman–Crippen LogP) is 4.91. The van der Waals surface area contributed by atoms with Gasteiger partial charge in [-0.05, 0) is 74.1 Å². The molecule has 0 spiro atoms. The fraction of sp³-hybridized carbons (Fsp3) is 0.0952. The van der Waals surface area contributed by atoms with E-state index in [2.05, 4.69) is 15.4 Å². The van der Waals surface area contributed by atoms with Crippen LogP contribution in [0.4, 0.5) is 17.1 Å². The summed E-state index contributed by atoms with van der Waals surface area (Å²) in [6, 6.07) is 21.5. The van der Waals surface area contributed by atoms with E-state index in [0.29, 0.717) is 16.5 Å². The van der Waals surface area contributed by atoms with Crippen LogP contribution < -0.4 is 15.4 Å². The molecular formula is C21H21N3O2S2. The maximum atomic E-state index is 12.6. The largest absolute Gasteiger partial charge is 0.332 e. The first-order valence-corrected chi connectivity index (χ1v) is 10.6. The summed E-state index contributed by atoms with van der Waals surface area (Å²) >= 11 is 5.31. The third kappa shape index (κ3) is 5.09. The molecule has 0 saturated carbocycles. The molecule has 0 amide bonds. The van der Waals surface area contributed by atoms with Gasteiger partial charge in [-0.25, -0.2) is 8.42 Å². The van der Waals surface area contributed by atoms with Crippen molar-refractivity contribution >= 4 is 44.4 Å². The van der Waals surface area contributed by atoms with E-state index in [9.17, 15) is 8.42 Å². The fourth-order valence-electron chi connectivity index (χ4n) is 2.54. The van der Waals surface area contributed by atoms with Gasteiger partial charge in [-0.2, -0.15) is 0 Å². The Labute approximate surface area is 170 Å². The van der Waals surface area contributed by atoms with Crippen molar-refractivity contribution in [1.29, 1.82) is 0 Å². The molecule has 3 aromatic rings. The summed E-state index contributed by atoms with van der Waals surface area (Å²) in [6.07, 6.45) is 0. The highest BCUT2D eigenvalue weighted by Gasteiger charge is 2.15. The maximum Gasteiger partial charge on any atom is 0.261 e. The molecule has 7 heteroatoms. The lowest BCUT2D eigenvalue weighted by atomic mass is 10.2. The van der Waals surface area contributed by atoms with Crippen molar-refractivity contribution in [3.63, 3.8) is 0 Å². The zero-order chi connectivity index (χ0) is 20.1.